The largest absolute Gasteiger partial charge is 0.416 e. The molecule has 96 valence electrons. The Balaban J connectivity index is 2.28. The lowest BCUT2D eigenvalue weighted by atomic mass is 10.0. The molecule has 1 heterocycles. The molecular formula is C12H8BrF3OS. The number of rotatable bonds is 2. The van der Waals surface area contributed by atoms with Gasteiger partial charge in [-0.05, 0) is 39.0 Å². The average Bonchev–Trinajstić information content (AvgIpc) is 2.73. The standard InChI is InChI=1S/C12H8BrF3OS/c13-10-6-18-5-9(10)11(17)7-1-3-8(4-2-7)12(14,15)16/h1-6,11,17H. The summed E-state index contributed by atoms with van der Waals surface area (Å²) in [5.41, 5.74) is 0.365. The van der Waals surface area contributed by atoms with Crippen molar-refractivity contribution < 1.29 is 18.3 Å². The fourth-order valence-corrected chi connectivity index (χ4v) is 3.05. The molecule has 0 saturated carbocycles. The van der Waals surface area contributed by atoms with Gasteiger partial charge in [0.1, 0.15) is 6.10 Å². The first-order chi connectivity index (χ1) is 8.39. The van der Waals surface area contributed by atoms with E-state index in [1.54, 1.807) is 5.38 Å². The Morgan fingerprint density at radius 3 is 2.17 bits per heavy atom. The number of aliphatic hydroxyl groups excluding tert-OH is 1. The van der Waals surface area contributed by atoms with Gasteiger partial charge in [0.25, 0.3) is 0 Å². The molecule has 0 fully saturated rings. The van der Waals surface area contributed by atoms with Crippen molar-refractivity contribution in [2.24, 2.45) is 0 Å². The maximum Gasteiger partial charge on any atom is 0.416 e. The topological polar surface area (TPSA) is 20.2 Å². The molecular weight excluding hydrogens is 329 g/mol. The lowest BCUT2D eigenvalue weighted by Crippen LogP contribution is -2.05. The highest BCUT2D eigenvalue weighted by molar-refractivity contribution is 9.10. The van der Waals surface area contributed by atoms with Crippen molar-refractivity contribution in [1.82, 2.24) is 0 Å². The van der Waals surface area contributed by atoms with Crippen molar-refractivity contribution in [2.45, 2.75) is 12.3 Å². The highest BCUT2D eigenvalue weighted by atomic mass is 79.9. The zero-order chi connectivity index (χ0) is 13.3. The van der Waals surface area contributed by atoms with E-state index in [9.17, 15) is 18.3 Å². The molecule has 0 saturated heterocycles. The van der Waals surface area contributed by atoms with Gasteiger partial charge in [-0.2, -0.15) is 24.5 Å². The number of hydrogen-bond acceptors (Lipinski definition) is 2. The number of aliphatic hydroxyl groups is 1. The Morgan fingerprint density at radius 2 is 1.72 bits per heavy atom. The predicted molar refractivity (Wildman–Crippen MR) is 67.5 cm³/mol. The van der Waals surface area contributed by atoms with Crippen molar-refractivity contribution in [3.05, 3.63) is 56.2 Å². The van der Waals surface area contributed by atoms with Crippen LogP contribution in [0.1, 0.15) is 22.8 Å². The van der Waals surface area contributed by atoms with Gasteiger partial charge < -0.3 is 5.11 Å². The van der Waals surface area contributed by atoms with E-state index in [0.29, 0.717) is 11.1 Å². The van der Waals surface area contributed by atoms with Gasteiger partial charge in [-0.15, -0.1) is 0 Å². The lowest BCUT2D eigenvalue weighted by Gasteiger charge is -2.12. The van der Waals surface area contributed by atoms with Gasteiger partial charge in [0.05, 0.1) is 5.56 Å². The van der Waals surface area contributed by atoms with Crippen LogP contribution in [0.5, 0.6) is 0 Å². The molecule has 1 atom stereocenters. The molecule has 0 spiro atoms. The highest BCUT2D eigenvalue weighted by Crippen LogP contribution is 2.33. The minimum Gasteiger partial charge on any atom is -0.384 e. The van der Waals surface area contributed by atoms with E-state index in [2.05, 4.69) is 15.9 Å². The molecule has 2 aromatic rings. The maximum atomic E-state index is 12.4. The van der Waals surface area contributed by atoms with E-state index in [0.717, 1.165) is 16.6 Å². The van der Waals surface area contributed by atoms with Crippen LogP contribution in [0.2, 0.25) is 0 Å². The maximum absolute atomic E-state index is 12.4. The van der Waals surface area contributed by atoms with Gasteiger partial charge in [0.2, 0.25) is 0 Å². The Bertz CT molecular complexity index is 533. The summed E-state index contributed by atoms with van der Waals surface area (Å²) < 4.78 is 37.9. The smallest absolute Gasteiger partial charge is 0.384 e. The third-order valence-corrected chi connectivity index (χ3v) is 4.24. The summed E-state index contributed by atoms with van der Waals surface area (Å²) in [6.45, 7) is 0. The van der Waals surface area contributed by atoms with Crippen molar-refractivity contribution in [3.63, 3.8) is 0 Å². The fourth-order valence-electron chi connectivity index (χ4n) is 1.52. The second-order valence-electron chi connectivity index (χ2n) is 3.70. The molecule has 0 aliphatic heterocycles. The van der Waals surface area contributed by atoms with Crippen LogP contribution < -0.4 is 0 Å². The van der Waals surface area contributed by atoms with Crippen LogP contribution in [0, 0.1) is 0 Å². The fraction of sp³-hybridized carbons (Fsp3) is 0.167. The second-order valence-corrected chi connectivity index (χ2v) is 5.30. The van der Waals surface area contributed by atoms with Gasteiger partial charge in [-0.25, -0.2) is 0 Å². The second kappa shape index (κ2) is 5.03. The van der Waals surface area contributed by atoms with E-state index >= 15 is 0 Å². The summed E-state index contributed by atoms with van der Waals surface area (Å²) in [5.74, 6) is 0. The third-order valence-electron chi connectivity index (χ3n) is 2.49. The van der Waals surface area contributed by atoms with E-state index in [1.807, 2.05) is 5.38 Å². The Hall–Kier alpha value is -0.850. The van der Waals surface area contributed by atoms with Crippen molar-refractivity contribution in [1.29, 1.82) is 0 Å². The Kier molecular flexibility index (Phi) is 3.79. The molecule has 0 amide bonds. The lowest BCUT2D eigenvalue weighted by molar-refractivity contribution is -0.137. The summed E-state index contributed by atoms with van der Waals surface area (Å²) >= 11 is 4.69. The minimum absolute atomic E-state index is 0.433. The zero-order valence-corrected chi connectivity index (χ0v) is 11.3. The molecule has 2 rings (SSSR count). The van der Waals surface area contributed by atoms with E-state index in [1.165, 1.54) is 23.5 Å². The molecule has 1 nitrogen and oxygen atoms in total. The van der Waals surface area contributed by atoms with Gasteiger partial charge >= 0.3 is 6.18 Å². The monoisotopic (exact) mass is 336 g/mol. The molecule has 1 unspecified atom stereocenters. The molecule has 0 aliphatic rings. The van der Waals surface area contributed by atoms with Gasteiger partial charge in [0.15, 0.2) is 0 Å². The minimum atomic E-state index is -4.35. The SMILES string of the molecule is OC(c1ccc(C(F)(F)F)cc1)c1cscc1Br. The predicted octanol–water partition coefficient (Wildman–Crippen LogP) is 4.61. The van der Waals surface area contributed by atoms with Crippen LogP contribution in [0.25, 0.3) is 0 Å². The normalized spacial score (nSPS) is 13.6. The zero-order valence-electron chi connectivity index (χ0n) is 8.91. The molecule has 1 aromatic heterocycles. The van der Waals surface area contributed by atoms with Crippen molar-refractivity contribution in [2.75, 3.05) is 0 Å². The molecule has 1 N–H and O–H groups in total. The van der Waals surface area contributed by atoms with Crippen LogP contribution in [0.4, 0.5) is 13.2 Å². The summed E-state index contributed by atoms with van der Waals surface area (Å²) in [6, 6.07) is 4.52. The molecule has 1 aromatic carbocycles. The van der Waals surface area contributed by atoms with Crippen LogP contribution in [0.15, 0.2) is 39.5 Å². The molecule has 0 bridgehead atoms. The highest BCUT2D eigenvalue weighted by Gasteiger charge is 2.30. The number of benzene rings is 1. The molecule has 0 radical (unpaired) electrons. The van der Waals surface area contributed by atoms with E-state index in [4.69, 9.17) is 0 Å². The Morgan fingerprint density at radius 1 is 1.11 bits per heavy atom. The first kappa shape index (κ1) is 13.6. The average molecular weight is 337 g/mol. The summed E-state index contributed by atoms with van der Waals surface area (Å²) in [5, 5.41) is 13.6. The quantitative estimate of drug-likeness (QED) is 0.848. The molecule has 18 heavy (non-hydrogen) atoms. The van der Waals surface area contributed by atoms with Crippen molar-refractivity contribution in [3.8, 4) is 0 Å². The van der Waals surface area contributed by atoms with Crippen LogP contribution in [-0.2, 0) is 6.18 Å². The number of thiophene rings is 1. The Labute approximate surface area is 114 Å². The van der Waals surface area contributed by atoms with Gasteiger partial charge in [0, 0.05) is 15.4 Å². The van der Waals surface area contributed by atoms with Crippen molar-refractivity contribution >= 4 is 27.3 Å². The van der Waals surface area contributed by atoms with Crippen LogP contribution in [-0.4, -0.2) is 5.11 Å². The van der Waals surface area contributed by atoms with E-state index in [-0.39, 0.29) is 0 Å². The first-order valence-electron chi connectivity index (χ1n) is 4.96. The summed E-state index contributed by atoms with van der Waals surface area (Å²) in [7, 11) is 0. The molecule has 6 heteroatoms. The van der Waals surface area contributed by atoms with E-state index < -0.39 is 17.8 Å². The number of alkyl halides is 3. The summed E-state index contributed by atoms with van der Waals surface area (Å²) in [4.78, 5) is 0. The summed E-state index contributed by atoms with van der Waals surface area (Å²) in [6.07, 6.45) is -5.28. The van der Waals surface area contributed by atoms with Gasteiger partial charge in [-0.3, -0.25) is 0 Å². The number of halogens is 4. The first-order valence-corrected chi connectivity index (χ1v) is 6.70. The van der Waals surface area contributed by atoms with Crippen LogP contribution in [0.3, 0.4) is 0 Å². The van der Waals surface area contributed by atoms with Crippen LogP contribution >= 0.6 is 27.3 Å². The number of hydrogen-bond donors (Lipinski definition) is 1. The molecule has 0 aliphatic carbocycles. The van der Waals surface area contributed by atoms with Gasteiger partial charge in [-0.1, -0.05) is 12.1 Å². The third kappa shape index (κ3) is 2.76.